The molecule has 3 aromatic carbocycles. The summed E-state index contributed by atoms with van der Waals surface area (Å²) in [6, 6.07) is 17.2. The minimum Gasteiger partial charge on any atom is -0.324 e. The molecule has 0 aromatic heterocycles. The van der Waals surface area contributed by atoms with Crippen molar-refractivity contribution < 1.29 is 4.39 Å². The van der Waals surface area contributed by atoms with Crippen molar-refractivity contribution in [2.75, 3.05) is 0 Å². The average molecular weight is 279 g/mol. The summed E-state index contributed by atoms with van der Waals surface area (Å²) in [6.45, 7) is 3.92. The standard InChI is InChI=1S/C19H18FN/c1-12-7-8-14-5-3-4-6-16(14)19(12)17-11-15(13(2)21)9-10-18(17)20/h3-11,13H,21H2,1-2H3. The van der Waals surface area contributed by atoms with Gasteiger partial charge in [-0.3, -0.25) is 0 Å². The normalized spacial score (nSPS) is 12.6. The van der Waals surface area contributed by atoms with Gasteiger partial charge in [-0.05, 0) is 53.4 Å². The van der Waals surface area contributed by atoms with E-state index in [1.807, 2.05) is 50.2 Å². The Labute approximate surface area is 124 Å². The van der Waals surface area contributed by atoms with Gasteiger partial charge in [0.25, 0.3) is 0 Å². The Kier molecular flexibility index (Phi) is 3.48. The van der Waals surface area contributed by atoms with E-state index in [1.165, 1.54) is 6.07 Å². The molecule has 1 nitrogen and oxygen atoms in total. The van der Waals surface area contributed by atoms with Crippen LogP contribution in [0.3, 0.4) is 0 Å². The molecule has 1 atom stereocenters. The Balaban J connectivity index is 2.34. The first-order valence-corrected chi connectivity index (χ1v) is 7.11. The Morgan fingerprint density at radius 2 is 1.76 bits per heavy atom. The molecule has 2 N–H and O–H groups in total. The van der Waals surface area contributed by atoms with E-state index in [-0.39, 0.29) is 11.9 Å². The number of hydrogen-bond acceptors (Lipinski definition) is 1. The summed E-state index contributed by atoms with van der Waals surface area (Å²) in [7, 11) is 0. The van der Waals surface area contributed by atoms with Crippen LogP contribution in [0.1, 0.15) is 24.1 Å². The highest BCUT2D eigenvalue weighted by molar-refractivity contribution is 5.98. The summed E-state index contributed by atoms with van der Waals surface area (Å²) < 4.78 is 14.4. The third-order valence-electron chi connectivity index (χ3n) is 3.92. The molecule has 0 aliphatic carbocycles. The monoisotopic (exact) mass is 279 g/mol. The Morgan fingerprint density at radius 3 is 2.52 bits per heavy atom. The molecule has 106 valence electrons. The fourth-order valence-electron chi connectivity index (χ4n) is 2.76. The van der Waals surface area contributed by atoms with Crippen LogP contribution in [-0.2, 0) is 0 Å². The first-order chi connectivity index (χ1) is 10.1. The first kappa shape index (κ1) is 13.8. The van der Waals surface area contributed by atoms with Gasteiger partial charge in [-0.2, -0.15) is 0 Å². The van der Waals surface area contributed by atoms with Crippen molar-refractivity contribution in [2.45, 2.75) is 19.9 Å². The number of benzene rings is 3. The summed E-state index contributed by atoms with van der Waals surface area (Å²) >= 11 is 0. The highest BCUT2D eigenvalue weighted by atomic mass is 19.1. The number of rotatable bonds is 2. The van der Waals surface area contributed by atoms with Crippen LogP contribution < -0.4 is 5.73 Å². The van der Waals surface area contributed by atoms with Gasteiger partial charge in [0, 0.05) is 11.6 Å². The van der Waals surface area contributed by atoms with Crippen molar-refractivity contribution in [3.05, 3.63) is 71.5 Å². The quantitative estimate of drug-likeness (QED) is 0.704. The van der Waals surface area contributed by atoms with Crippen LogP contribution in [0.4, 0.5) is 4.39 Å². The molecule has 1 unspecified atom stereocenters. The Bertz CT molecular complexity index is 806. The summed E-state index contributed by atoms with van der Waals surface area (Å²) in [6.07, 6.45) is 0. The predicted octanol–water partition coefficient (Wildman–Crippen LogP) is 4.97. The number of hydrogen-bond donors (Lipinski definition) is 1. The van der Waals surface area contributed by atoms with E-state index in [0.717, 1.165) is 27.5 Å². The van der Waals surface area contributed by atoms with Crippen LogP contribution in [0.2, 0.25) is 0 Å². The number of fused-ring (bicyclic) bond motifs is 1. The maximum Gasteiger partial charge on any atom is 0.131 e. The number of nitrogens with two attached hydrogens (primary N) is 1. The highest BCUT2D eigenvalue weighted by Crippen LogP contribution is 2.34. The summed E-state index contributed by atoms with van der Waals surface area (Å²) in [5, 5.41) is 2.18. The second-order valence-electron chi connectivity index (χ2n) is 5.51. The number of halogens is 1. The summed E-state index contributed by atoms with van der Waals surface area (Å²) in [5.41, 5.74) is 9.52. The van der Waals surface area contributed by atoms with E-state index in [0.29, 0.717) is 5.56 Å². The van der Waals surface area contributed by atoms with E-state index >= 15 is 0 Å². The lowest BCUT2D eigenvalue weighted by Crippen LogP contribution is -2.05. The van der Waals surface area contributed by atoms with Crippen LogP contribution in [0.5, 0.6) is 0 Å². The highest BCUT2D eigenvalue weighted by Gasteiger charge is 2.13. The molecular weight excluding hydrogens is 261 g/mol. The molecule has 3 rings (SSSR count). The largest absolute Gasteiger partial charge is 0.324 e. The van der Waals surface area contributed by atoms with E-state index in [1.54, 1.807) is 6.07 Å². The van der Waals surface area contributed by atoms with Crippen molar-refractivity contribution >= 4 is 10.8 Å². The fourth-order valence-corrected chi connectivity index (χ4v) is 2.76. The molecule has 21 heavy (non-hydrogen) atoms. The van der Waals surface area contributed by atoms with Crippen molar-refractivity contribution in [3.63, 3.8) is 0 Å². The zero-order valence-corrected chi connectivity index (χ0v) is 12.2. The van der Waals surface area contributed by atoms with Crippen molar-refractivity contribution in [3.8, 4) is 11.1 Å². The third-order valence-corrected chi connectivity index (χ3v) is 3.92. The van der Waals surface area contributed by atoms with Gasteiger partial charge in [-0.1, -0.05) is 42.5 Å². The van der Waals surface area contributed by atoms with Crippen LogP contribution in [0.25, 0.3) is 21.9 Å². The molecule has 3 aromatic rings. The van der Waals surface area contributed by atoms with Gasteiger partial charge in [0.2, 0.25) is 0 Å². The maximum absolute atomic E-state index is 14.4. The molecule has 2 heteroatoms. The number of aryl methyl sites for hydroxylation is 1. The third kappa shape index (κ3) is 2.43. The van der Waals surface area contributed by atoms with Crippen LogP contribution in [0.15, 0.2) is 54.6 Å². The van der Waals surface area contributed by atoms with Crippen LogP contribution in [0, 0.1) is 12.7 Å². The molecule has 0 fully saturated rings. The van der Waals surface area contributed by atoms with Crippen molar-refractivity contribution in [1.29, 1.82) is 0 Å². The van der Waals surface area contributed by atoms with Crippen LogP contribution in [-0.4, -0.2) is 0 Å². The van der Waals surface area contributed by atoms with E-state index < -0.39 is 0 Å². The lowest BCUT2D eigenvalue weighted by molar-refractivity contribution is 0.629. The van der Waals surface area contributed by atoms with E-state index in [4.69, 9.17) is 5.73 Å². The van der Waals surface area contributed by atoms with E-state index in [2.05, 4.69) is 6.07 Å². The molecular formula is C19H18FN. The molecule has 0 bridgehead atoms. The van der Waals surface area contributed by atoms with Crippen molar-refractivity contribution in [2.24, 2.45) is 5.73 Å². The Morgan fingerprint density at radius 1 is 1.00 bits per heavy atom. The molecule has 0 saturated carbocycles. The lowest BCUT2D eigenvalue weighted by atomic mass is 9.92. The zero-order chi connectivity index (χ0) is 15.0. The minimum atomic E-state index is -0.209. The van der Waals surface area contributed by atoms with E-state index in [9.17, 15) is 4.39 Å². The minimum absolute atomic E-state index is 0.111. The van der Waals surface area contributed by atoms with Gasteiger partial charge < -0.3 is 5.73 Å². The Hall–Kier alpha value is -2.19. The summed E-state index contributed by atoms with van der Waals surface area (Å²) in [5.74, 6) is -0.209. The van der Waals surface area contributed by atoms with Crippen molar-refractivity contribution in [1.82, 2.24) is 0 Å². The van der Waals surface area contributed by atoms with Gasteiger partial charge >= 0.3 is 0 Å². The first-order valence-electron chi connectivity index (χ1n) is 7.11. The fraction of sp³-hybridized carbons (Fsp3) is 0.158. The predicted molar refractivity (Wildman–Crippen MR) is 86.7 cm³/mol. The zero-order valence-electron chi connectivity index (χ0n) is 12.2. The molecule has 0 aliphatic rings. The lowest BCUT2D eigenvalue weighted by Gasteiger charge is -2.14. The molecule has 0 spiro atoms. The molecule has 0 radical (unpaired) electrons. The second kappa shape index (κ2) is 5.30. The molecule has 0 aliphatic heterocycles. The summed E-state index contributed by atoms with van der Waals surface area (Å²) in [4.78, 5) is 0. The van der Waals surface area contributed by atoms with Gasteiger partial charge in [-0.25, -0.2) is 4.39 Å². The smallest absolute Gasteiger partial charge is 0.131 e. The molecule has 0 heterocycles. The molecule has 0 saturated heterocycles. The maximum atomic E-state index is 14.4. The van der Waals surface area contributed by atoms with Gasteiger partial charge in [-0.15, -0.1) is 0 Å². The van der Waals surface area contributed by atoms with Gasteiger partial charge in [0.1, 0.15) is 5.82 Å². The SMILES string of the molecule is Cc1ccc2ccccc2c1-c1cc(C(C)N)ccc1F. The van der Waals surface area contributed by atoms with Crippen LogP contribution >= 0.6 is 0 Å². The topological polar surface area (TPSA) is 26.0 Å². The van der Waals surface area contributed by atoms with Gasteiger partial charge in [0.05, 0.1) is 0 Å². The van der Waals surface area contributed by atoms with Gasteiger partial charge in [0.15, 0.2) is 0 Å². The molecule has 0 amide bonds. The second-order valence-corrected chi connectivity index (χ2v) is 5.51. The average Bonchev–Trinajstić information content (AvgIpc) is 2.48.